The second-order valence-electron chi connectivity index (χ2n) is 9.90. The van der Waals surface area contributed by atoms with Gasteiger partial charge in [0.05, 0.1) is 18.1 Å². The fourth-order valence-corrected chi connectivity index (χ4v) is 4.21. The fourth-order valence-electron chi connectivity index (χ4n) is 4.01. The number of aliphatic hydroxyl groups is 1. The summed E-state index contributed by atoms with van der Waals surface area (Å²) in [6.07, 6.45) is 0.769. The standard InChI is InChI=1S/C28H31ClFNO5/c1-27(2,3)36-26(35)31(18-24(32)20-10-7-11-21(29)16-20)15-14-28(25(33)34)13-12-22(23(30)17-28)19-8-5-4-6-9-19/h4-13,16,24,32H,14-15,17-18H2,1-3H3,(H,33,34)/t24-,28?/m0/s1. The number of aliphatic carboxylic acids is 1. The van der Waals surface area contributed by atoms with Crippen molar-refractivity contribution in [3.05, 3.63) is 88.7 Å². The summed E-state index contributed by atoms with van der Waals surface area (Å²) >= 11 is 6.03. The van der Waals surface area contributed by atoms with Crippen LogP contribution in [0, 0.1) is 5.41 Å². The van der Waals surface area contributed by atoms with Crippen LogP contribution in [-0.2, 0) is 9.53 Å². The molecule has 0 fully saturated rings. The van der Waals surface area contributed by atoms with Gasteiger partial charge in [0.25, 0.3) is 0 Å². The van der Waals surface area contributed by atoms with Crippen molar-refractivity contribution in [2.24, 2.45) is 5.41 Å². The largest absolute Gasteiger partial charge is 0.481 e. The third-order valence-corrected chi connectivity index (χ3v) is 6.18. The van der Waals surface area contributed by atoms with Crippen LogP contribution in [0.3, 0.4) is 0 Å². The summed E-state index contributed by atoms with van der Waals surface area (Å²) in [6.45, 7) is 4.92. The Morgan fingerprint density at radius 1 is 1.17 bits per heavy atom. The van der Waals surface area contributed by atoms with Crippen LogP contribution in [0.15, 0.2) is 72.6 Å². The van der Waals surface area contributed by atoms with Crippen LogP contribution < -0.4 is 0 Å². The Bertz CT molecular complexity index is 1160. The molecule has 192 valence electrons. The van der Waals surface area contributed by atoms with Gasteiger partial charge >= 0.3 is 12.1 Å². The Kier molecular flexibility index (Phi) is 8.59. The number of halogens is 2. The number of benzene rings is 2. The lowest BCUT2D eigenvalue weighted by atomic mass is 9.75. The molecule has 1 unspecified atom stereocenters. The molecular weight excluding hydrogens is 485 g/mol. The van der Waals surface area contributed by atoms with Gasteiger partial charge in [-0.05, 0) is 50.5 Å². The van der Waals surface area contributed by atoms with Crippen LogP contribution in [0.1, 0.15) is 50.8 Å². The molecule has 2 aromatic rings. The molecule has 36 heavy (non-hydrogen) atoms. The van der Waals surface area contributed by atoms with E-state index in [0.29, 0.717) is 21.7 Å². The molecule has 0 aliphatic heterocycles. The van der Waals surface area contributed by atoms with E-state index in [4.69, 9.17) is 16.3 Å². The topological polar surface area (TPSA) is 87.1 Å². The first-order valence-corrected chi connectivity index (χ1v) is 12.1. The van der Waals surface area contributed by atoms with Crippen molar-refractivity contribution in [2.75, 3.05) is 13.1 Å². The zero-order chi connectivity index (χ0) is 26.5. The second-order valence-corrected chi connectivity index (χ2v) is 10.3. The van der Waals surface area contributed by atoms with E-state index in [1.165, 1.54) is 17.1 Å². The number of nitrogens with zero attached hydrogens (tertiary/aromatic N) is 1. The van der Waals surface area contributed by atoms with Gasteiger partial charge in [0, 0.05) is 23.6 Å². The summed E-state index contributed by atoms with van der Waals surface area (Å²) in [6, 6.07) is 15.5. The Labute approximate surface area is 215 Å². The molecule has 6 nitrogen and oxygen atoms in total. The van der Waals surface area contributed by atoms with Crippen molar-refractivity contribution in [2.45, 2.75) is 45.3 Å². The third kappa shape index (κ3) is 6.95. The average molecular weight is 516 g/mol. The molecule has 0 saturated carbocycles. The average Bonchev–Trinajstić information content (AvgIpc) is 2.81. The van der Waals surface area contributed by atoms with Crippen LogP contribution in [0.4, 0.5) is 9.18 Å². The molecule has 2 atom stereocenters. The van der Waals surface area contributed by atoms with E-state index < -0.39 is 35.0 Å². The van der Waals surface area contributed by atoms with E-state index in [1.807, 2.05) is 6.07 Å². The maximum absolute atomic E-state index is 15.2. The summed E-state index contributed by atoms with van der Waals surface area (Å²) < 4.78 is 20.7. The molecular formula is C28H31ClFNO5. The van der Waals surface area contributed by atoms with Crippen LogP contribution in [0.5, 0.6) is 0 Å². The summed E-state index contributed by atoms with van der Waals surface area (Å²) in [4.78, 5) is 26.5. The van der Waals surface area contributed by atoms with Crippen molar-refractivity contribution >= 4 is 29.2 Å². The highest BCUT2D eigenvalue weighted by Gasteiger charge is 2.41. The van der Waals surface area contributed by atoms with Crippen LogP contribution in [0.2, 0.25) is 5.02 Å². The Balaban J connectivity index is 1.82. The van der Waals surface area contributed by atoms with E-state index in [1.54, 1.807) is 69.3 Å². The molecule has 0 radical (unpaired) electrons. The van der Waals surface area contributed by atoms with E-state index in [-0.39, 0.29) is 25.9 Å². The number of amides is 1. The summed E-state index contributed by atoms with van der Waals surface area (Å²) in [5.41, 5.74) is -0.851. The molecule has 1 amide bonds. The van der Waals surface area contributed by atoms with Gasteiger partial charge in [-0.25, -0.2) is 9.18 Å². The maximum atomic E-state index is 15.2. The number of allylic oxidation sites excluding steroid dienone is 3. The number of carboxylic acids is 1. The number of rotatable bonds is 8. The highest BCUT2D eigenvalue weighted by atomic mass is 35.5. The Morgan fingerprint density at radius 2 is 1.86 bits per heavy atom. The number of aliphatic hydroxyl groups excluding tert-OH is 1. The van der Waals surface area contributed by atoms with E-state index in [0.717, 1.165) is 0 Å². The molecule has 3 rings (SSSR count). The minimum atomic E-state index is -1.55. The second kappa shape index (κ2) is 11.3. The van der Waals surface area contributed by atoms with E-state index in [9.17, 15) is 19.8 Å². The number of carboxylic acid groups (broad SMARTS) is 1. The number of ether oxygens (including phenoxy) is 1. The molecule has 0 bridgehead atoms. The molecule has 0 heterocycles. The molecule has 0 aromatic heterocycles. The molecule has 2 N–H and O–H groups in total. The monoisotopic (exact) mass is 515 g/mol. The fraction of sp³-hybridized carbons (Fsp3) is 0.357. The molecule has 0 spiro atoms. The first-order chi connectivity index (χ1) is 16.9. The molecule has 0 saturated heterocycles. The molecule has 8 heteroatoms. The Hall–Kier alpha value is -3.16. The van der Waals surface area contributed by atoms with Gasteiger partial charge in [-0.15, -0.1) is 0 Å². The number of carbonyl (C=O) groups excluding carboxylic acids is 1. The van der Waals surface area contributed by atoms with Gasteiger partial charge in [-0.2, -0.15) is 0 Å². The highest BCUT2D eigenvalue weighted by molar-refractivity contribution is 6.30. The lowest BCUT2D eigenvalue weighted by molar-refractivity contribution is -0.146. The number of hydrogen-bond donors (Lipinski definition) is 2. The summed E-state index contributed by atoms with van der Waals surface area (Å²) in [7, 11) is 0. The zero-order valence-corrected chi connectivity index (χ0v) is 21.3. The minimum Gasteiger partial charge on any atom is -0.481 e. The zero-order valence-electron chi connectivity index (χ0n) is 20.6. The molecule has 2 aromatic carbocycles. The maximum Gasteiger partial charge on any atom is 0.410 e. The third-order valence-electron chi connectivity index (χ3n) is 5.95. The van der Waals surface area contributed by atoms with E-state index >= 15 is 4.39 Å². The number of carbonyl (C=O) groups is 2. The van der Waals surface area contributed by atoms with Gasteiger partial charge in [0.1, 0.15) is 11.4 Å². The SMILES string of the molecule is CC(C)(C)OC(=O)N(CCC1(C(=O)O)C=CC(c2ccccc2)=C(F)C1)C[C@H](O)c1cccc(Cl)c1. The quantitative estimate of drug-likeness (QED) is 0.424. The lowest BCUT2D eigenvalue weighted by Crippen LogP contribution is -2.42. The molecule has 1 aliphatic carbocycles. The van der Waals surface area contributed by atoms with Crippen molar-refractivity contribution in [3.63, 3.8) is 0 Å². The number of hydrogen-bond acceptors (Lipinski definition) is 4. The van der Waals surface area contributed by atoms with Gasteiger partial charge in [0.2, 0.25) is 0 Å². The van der Waals surface area contributed by atoms with Crippen molar-refractivity contribution in [1.82, 2.24) is 4.90 Å². The van der Waals surface area contributed by atoms with E-state index in [2.05, 4.69) is 0 Å². The van der Waals surface area contributed by atoms with Gasteiger partial charge in [-0.3, -0.25) is 4.79 Å². The predicted molar refractivity (Wildman–Crippen MR) is 137 cm³/mol. The van der Waals surface area contributed by atoms with Gasteiger partial charge in [0.15, 0.2) is 0 Å². The van der Waals surface area contributed by atoms with Crippen LogP contribution >= 0.6 is 11.6 Å². The molecule has 1 aliphatic rings. The first kappa shape index (κ1) is 27.4. The normalized spacial score (nSPS) is 18.6. The minimum absolute atomic E-state index is 0.0723. The summed E-state index contributed by atoms with van der Waals surface area (Å²) in [5.74, 6) is -1.73. The Morgan fingerprint density at radius 3 is 2.44 bits per heavy atom. The first-order valence-electron chi connectivity index (χ1n) is 11.7. The van der Waals surface area contributed by atoms with Crippen LogP contribution in [-0.4, -0.2) is 45.9 Å². The lowest BCUT2D eigenvalue weighted by Gasteiger charge is -2.33. The predicted octanol–water partition coefficient (Wildman–Crippen LogP) is 6.41. The van der Waals surface area contributed by atoms with Crippen molar-refractivity contribution < 1.29 is 28.9 Å². The smallest absolute Gasteiger partial charge is 0.410 e. The summed E-state index contributed by atoms with van der Waals surface area (Å²) in [5, 5.41) is 21.3. The van der Waals surface area contributed by atoms with Crippen LogP contribution in [0.25, 0.3) is 5.57 Å². The van der Waals surface area contributed by atoms with Crippen molar-refractivity contribution in [1.29, 1.82) is 0 Å². The van der Waals surface area contributed by atoms with Crippen molar-refractivity contribution in [3.8, 4) is 0 Å². The van der Waals surface area contributed by atoms with Gasteiger partial charge in [-0.1, -0.05) is 66.2 Å². The highest BCUT2D eigenvalue weighted by Crippen LogP contribution is 2.41. The van der Waals surface area contributed by atoms with Gasteiger partial charge < -0.3 is 19.8 Å².